The Balaban J connectivity index is 1.42. The molecule has 0 fully saturated rings. The van der Waals surface area contributed by atoms with Crippen LogP contribution in [-0.4, -0.2) is 15.0 Å². The van der Waals surface area contributed by atoms with Gasteiger partial charge in [0.1, 0.15) is 11.2 Å². The van der Waals surface area contributed by atoms with Crippen LogP contribution in [0.15, 0.2) is 156 Å². The molecule has 0 N–H and O–H groups in total. The summed E-state index contributed by atoms with van der Waals surface area (Å²) in [5, 5.41) is 0.762. The highest BCUT2D eigenvalue weighted by molar-refractivity contribution is 6.12. The third-order valence-corrected chi connectivity index (χ3v) is 6.78. The summed E-state index contributed by atoms with van der Waals surface area (Å²) >= 11 is 0. The highest BCUT2D eigenvalue weighted by Crippen LogP contribution is 2.40. The molecule has 8 rings (SSSR count). The zero-order valence-corrected chi connectivity index (χ0v) is 22.0. The summed E-state index contributed by atoms with van der Waals surface area (Å²) in [5.74, 6) is 0.00447. The van der Waals surface area contributed by atoms with Gasteiger partial charge < -0.3 is 4.42 Å². The Morgan fingerprint density at radius 1 is 0.442 bits per heavy atom. The zero-order valence-electron chi connectivity index (χ0n) is 37.0. The number of hydrogen-bond acceptors (Lipinski definition) is 4. The van der Waals surface area contributed by atoms with E-state index in [4.69, 9.17) is 25.0 Å². The zero-order chi connectivity index (χ0) is 41.6. The van der Waals surface area contributed by atoms with Crippen LogP contribution in [0, 0.1) is 0 Å². The minimum atomic E-state index is -0.624. The van der Waals surface area contributed by atoms with Gasteiger partial charge in [-0.2, -0.15) is 0 Å². The number of fused-ring (bicyclic) bond motifs is 3. The number of benzene rings is 6. The Morgan fingerprint density at radius 2 is 1.02 bits per heavy atom. The van der Waals surface area contributed by atoms with Crippen LogP contribution in [0.25, 0.3) is 78.4 Å². The smallest absolute Gasteiger partial charge is 0.164 e. The lowest BCUT2D eigenvalue weighted by Crippen LogP contribution is -2.00. The monoisotopic (exact) mass is 566 g/mol. The molecule has 6 aromatic carbocycles. The molecular weight excluding hydrogens is 526 g/mol. The molecule has 0 saturated heterocycles. The molecule has 8 aromatic rings. The fraction of sp³-hybridized carbons (Fsp3) is 0. The summed E-state index contributed by atoms with van der Waals surface area (Å²) in [6.07, 6.45) is 0. The predicted octanol–water partition coefficient (Wildman–Crippen LogP) is 10.1. The second kappa shape index (κ2) is 10.5. The average molecular weight is 567 g/mol. The quantitative estimate of drug-likeness (QED) is 0.208. The minimum absolute atomic E-state index is 0.00376. The van der Waals surface area contributed by atoms with E-state index in [1.165, 1.54) is 6.07 Å². The summed E-state index contributed by atoms with van der Waals surface area (Å²) in [5.41, 5.74) is 0.620. The minimum Gasteiger partial charge on any atom is -0.455 e. The summed E-state index contributed by atoms with van der Waals surface area (Å²) in [7, 11) is 0. The maximum absolute atomic E-state index is 8.78. The standard InChI is InChI=1S/C39H25N3O/c1-5-13-26(14-6-1)31-23-33(27-15-7-2-8-16-27)36-34(24-31)32-22-21-30(25-35(32)43-36)39-41-37(28-17-9-3-10-18-28)40-38(42-39)29-19-11-4-12-20-29/h1-25H/i1D,2D,3D,5D,6D,7D,8D,9D,10D,13D,14D,15D,16D,17D,18D. The van der Waals surface area contributed by atoms with Crippen molar-refractivity contribution in [2.75, 3.05) is 0 Å². The van der Waals surface area contributed by atoms with Crippen molar-refractivity contribution in [1.82, 2.24) is 15.0 Å². The van der Waals surface area contributed by atoms with E-state index < -0.39 is 90.6 Å². The highest BCUT2D eigenvalue weighted by atomic mass is 16.3. The van der Waals surface area contributed by atoms with Crippen molar-refractivity contribution < 1.29 is 25.0 Å². The van der Waals surface area contributed by atoms with E-state index in [-0.39, 0.29) is 56.5 Å². The van der Waals surface area contributed by atoms with Gasteiger partial charge >= 0.3 is 0 Å². The lowest BCUT2D eigenvalue weighted by Gasteiger charge is -2.08. The van der Waals surface area contributed by atoms with E-state index in [1.807, 2.05) is 0 Å². The van der Waals surface area contributed by atoms with E-state index in [1.54, 1.807) is 54.6 Å². The van der Waals surface area contributed by atoms with Crippen LogP contribution in [0.4, 0.5) is 0 Å². The summed E-state index contributed by atoms with van der Waals surface area (Å²) in [4.78, 5) is 13.8. The van der Waals surface area contributed by atoms with Crippen molar-refractivity contribution in [3.05, 3.63) is 151 Å². The normalized spacial score (nSPS) is 16.1. The highest BCUT2D eigenvalue weighted by Gasteiger charge is 2.17. The third-order valence-electron chi connectivity index (χ3n) is 6.78. The first-order valence-electron chi connectivity index (χ1n) is 20.6. The summed E-state index contributed by atoms with van der Waals surface area (Å²) in [6.45, 7) is 0. The van der Waals surface area contributed by atoms with Crippen molar-refractivity contribution in [1.29, 1.82) is 0 Å². The molecule has 0 aliphatic carbocycles. The molecule has 0 bridgehead atoms. The first-order valence-corrected chi connectivity index (χ1v) is 13.1. The van der Waals surface area contributed by atoms with E-state index in [0.29, 0.717) is 21.9 Å². The lowest BCUT2D eigenvalue weighted by atomic mass is 9.95. The van der Waals surface area contributed by atoms with Gasteiger partial charge in [0.25, 0.3) is 0 Å². The molecule has 2 aromatic heterocycles. The van der Waals surface area contributed by atoms with Crippen LogP contribution in [-0.2, 0) is 0 Å². The number of hydrogen-bond donors (Lipinski definition) is 0. The maximum Gasteiger partial charge on any atom is 0.164 e. The van der Waals surface area contributed by atoms with Crippen LogP contribution < -0.4 is 0 Å². The van der Waals surface area contributed by atoms with Gasteiger partial charge in [0, 0.05) is 33.0 Å². The van der Waals surface area contributed by atoms with Gasteiger partial charge in [-0.1, -0.05) is 127 Å². The number of aromatic nitrogens is 3. The second-order valence-corrected chi connectivity index (χ2v) is 9.39. The molecule has 0 saturated carbocycles. The lowest BCUT2D eigenvalue weighted by molar-refractivity contribution is 0.670. The summed E-state index contributed by atoms with van der Waals surface area (Å²) in [6, 6.07) is 8.06. The molecule has 0 unspecified atom stereocenters. The van der Waals surface area contributed by atoms with E-state index >= 15 is 0 Å². The number of rotatable bonds is 5. The molecule has 2 heterocycles. The van der Waals surface area contributed by atoms with Gasteiger partial charge in [-0.25, -0.2) is 15.0 Å². The van der Waals surface area contributed by atoms with Gasteiger partial charge in [0.2, 0.25) is 0 Å². The average Bonchev–Trinajstić information content (AvgIpc) is 3.60. The second-order valence-electron chi connectivity index (χ2n) is 9.39. The van der Waals surface area contributed by atoms with Crippen molar-refractivity contribution in [3.63, 3.8) is 0 Å². The maximum atomic E-state index is 8.78. The third kappa shape index (κ3) is 4.65. The van der Waals surface area contributed by atoms with Crippen LogP contribution in [0.2, 0.25) is 0 Å². The van der Waals surface area contributed by atoms with E-state index in [2.05, 4.69) is 15.0 Å². The van der Waals surface area contributed by atoms with Crippen molar-refractivity contribution >= 4 is 21.9 Å². The predicted molar refractivity (Wildman–Crippen MR) is 174 cm³/mol. The number of nitrogens with zero attached hydrogens (tertiary/aromatic N) is 3. The van der Waals surface area contributed by atoms with Crippen LogP contribution in [0.3, 0.4) is 0 Å². The first kappa shape index (κ1) is 13.9. The van der Waals surface area contributed by atoms with Crippen molar-refractivity contribution in [2.24, 2.45) is 0 Å². The van der Waals surface area contributed by atoms with Gasteiger partial charge in [-0.05, 0) is 41.0 Å². The SMILES string of the molecule is [2H]c1c([2H])c([2H])c(-c2cc(-c3c([2H])c([2H])c([2H])c([2H])c3[2H])c3oc4cc(-c5nc(-c6ccccc6)nc(-c6c([2H])c([2H])c([2H])c([2H])c6[2H])n5)ccc4c3c2)c([2H])c1[2H]. The Bertz CT molecular complexity index is 2990. The molecule has 43 heavy (non-hydrogen) atoms. The fourth-order valence-corrected chi connectivity index (χ4v) is 4.82. The van der Waals surface area contributed by atoms with Gasteiger partial charge in [-0.15, -0.1) is 0 Å². The largest absolute Gasteiger partial charge is 0.455 e. The fourth-order valence-electron chi connectivity index (χ4n) is 4.82. The molecule has 4 nitrogen and oxygen atoms in total. The Kier molecular flexibility index (Phi) is 3.39. The van der Waals surface area contributed by atoms with E-state index in [9.17, 15) is 0 Å². The van der Waals surface area contributed by atoms with Crippen molar-refractivity contribution in [3.8, 4) is 56.4 Å². The van der Waals surface area contributed by atoms with Crippen LogP contribution in [0.1, 0.15) is 20.6 Å². The van der Waals surface area contributed by atoms with E-state index in [0.717, 1.165) is 0 Å². The summed E-state index contributed by atoms with van der Waals surface area (Å²) < 4.78 is 133. The Morgan fingerprint density at radius 3 is 1.70 bits per heavy atom. The molecule has 202 valence electrons. The molecular formula is C39H25N3O. The Hall–Kier alpha value is -5.87. The molecule has 0 amide bonds. The topological polar surface area (TPSA) is 51.8 Å². The van der Waals surface area contributed by atoms with Gasteiger partial charge in [0.15, 0.2) is 17.5 Å². The molecule has 0 aliphatic heterocycles. The Labute approximate surface area is 270 Å². The molecule has 4 heteroatoms. The van der Waals surface area contributed by atoms with Crippen LogP contribution >= 0.6 is 0 Å². The van der Waals surface area contributed by atoms with Gasteiger partial charge in [0.05, 0.1) is 20.6 Å². The number of furan rings is 1. The molecule has 0 spiro atoms. The van der Waals surface area contributed by atoms with Gasteiger partial charge in [-0.3, -0.25) is 0 Å². The first-order chi connectivity index (χ1) is 27.5. The molecule has 0 atom stereocenters. The van der Waals surface area contributed by atoms with Crippen LogP contribution in [0.5, 0.6) is 0 Å². The molecule has 0 radical (unpaired) electrons. The van der Waals surface area contributed by atoms with Crippen molar-refractivity contribution in [2.45, 2.75) is 0 Å². The molecule has 0 aliphatic rings.